The standard InChI is InChI=1S/C13H18O3.C3H7NO2/c1-5-15-12(14)16-11-8-6-10(7-9-11)13(2,3)4;1-2-6-3(4)5/h6-9H,5H2,1-4H3;2H2,1H3,(H2,4,5). The number of nitrogens with two attached hydrogens (primary N) is 1. The third-order valence-electron chi connectivity index (χ3n) is 2.47. The van der Waals surface area contributed by atoms with Crippen molar-refractivity contribution in [1.82, 2.24) is 0 Å². The molecule has 124 valence electrons. The predicted octanol–water partition coefficient (Wildman–Crippen LogP) is 3.62. The average molecular weight is 311 g/mol. The molecule has 1 rings (SSSR count). The summed E-state index contributed by atoms with van der Waals surface area (Å²) < 4.78 is 13.8. The van der Waals surface area contributed by atoms with Gasteiger partial charge >= 0.3 is 12.2 Å². The zero-order chi connectivity index (χ0) is 17.2. The second-order valence-corrected chi connectivity index (χ2v) is 5.31. The second-order valence-electron chi connectivity index (χ2n) is 5.31. The first-order chi connectivity index (χ1) is 10.2. The smallest absolute Gasteiger partial charge is 0.450 e. The molecule has 0 spiro atoms. The summed E-state index contributed by atoms with van der Waals surface area (Å²) >= 11 is 0. The molecule has 6 nitrogen and oxygen atoms in total. The Labute approximate surface area is 131 Å². The second kappa shape index (κ2) is 9.65. The van der Waals surface area contributed by atoms with Gasteiger partial charge in [0, 0.05) is 0 Å². The largest absolute Gasteiger partial charge is 0.513 e. The Balaban J connectivity index is 0.000000626. The predicted molar refractivity (Wildman–Crippen MR) is 84.0 cm³/mol. The Morgan fingerprint density at radius 3 is 1.82 bits per heavy atom. The van der Waals surface area contributed by atoms with Crippen molar-refractivity contribution < 1.29 is 23.8 Å². The first kappa shape index (κ1) is 19.8. The van der Waals surface area contributed by atoms with Crippen LogP contribution in [0.1, 0.15) is 40.2 Å². The number of rotatable bonds is 3. The highest BCUT2D eigenvalue weighted by atomic mass is 16.7. The van der Waals surface area contributed by atoms with Crippen LogP contribution in [0, 0.1) is 0 Å². The zero-order valence-corrected chi connectivity index (χ0v) is 13.8. The van der Waals surface area contributed by atoms with E-state index in [9.17, 15) is 9.59 Å². The Morgan fingerprint density at radius 2 is 1.50 bits per heavy atom. The molecular weight excluding hydrogens is 286 g/mol. The maximum Gasteiger partial charge on any atom is 0.513 e. The topological polar surface area (TPSA) is 87.8 Å². The van der Waals surface area contributed by atoms with Gasteiger partial charge in [-0.2, -0.15) is 0 Å². The molecule has 22 heavy (non-hydrogen) atoms. The molecule has 0 aliphatic heterocycles. The van der Waals surface area contributed by atoms with Gasteiger partial charge in [0.1, 0.15) is 5.75 Å². The summed E-state index contributed by atoms with van der Waals surface area (Å²) in [6, 6.07) is 7.46. The van der Waals surface area contributed by atoms with Gasteiger partial charge in [-0.3, -0.25) is 0 Å². The molecule has 0 saturated heterocycles. The van der Waals surface area contributed by atoms with E-state index in [1.165, 1.54) is 5.56 Å². The van der Waals surface area contributed by atoms with Crippen molar-refractivity contribution in [3.63, 3.8) is 0 Å². The van der Waals surface area contributed by atoms with Crippen LogP contribution in [-0.4, -0.2) is 25.5 Å². The Hall–Kier alpha value is -2.24. The molecule has 6 heteroatoms. The van der Waals surface area contributed by atoms with Crippen LogP contribution in [0.4, 0.5) is 9.59 Å². The lowest BCUT2D eigenvalue weighted by atomic mass is 9.87. The summed E-state index contributed by atoms with van der Waals surface area (Å²) in [7, 11) is 0. The minimum Gasteiger partial charge on any atom is -0.450 e. The average Bonchev–Trinajstić information content (AvgIpc) is 2.39. The molecule has 0 radical (unpaired) electrons. The third kappa shape index (κ3) is 8.84. The number of primary amides is 1. The molecule has 0 fully saturated rings. The van der Waals surface area contributed by atoms with Crippen LogP contribution < -0.4 is 10.5 Å². The molecular formula is C16H25NO5. The van der Waals surface area contributed by atoms with Crippen LogP contribution in [0.15, 0.2) is 24.3 Å². The van der Waals surface area contributed by atoms with Crippen molar-refractivity contribution in [2.24, 2.45) is 5.73 Å². The first-order valence-corrected chi connectivity index (χ1v) is 7.08. The maximum absolute atomic E-state index is 11.0. The van der Waals surface area contributed by atoms with Crippen LogP contribution >= 0.6 is 0 Å². The summed E-state index contributed by atoms with van der Waals surface area (Å²) in [5.74, 6) is 0.506. The minimum absolute atomic E-state index is 0.0997. The molecule has 0 aromatic heterocycles. The first-order valence-electron chi connectivity index (χ1n) is 7.08. The third-order valence-corrected chi connectivity index (χ3v) is 2.47. The van der Waals surface area contributed by atoms with Gasteiger partial charge in [-0.05, 0) is 37.0 Å². The molecule has 0 saturated carbocycles. The monoisotopic (exact) mass is 311 g/mol. The quantitative estimate of drug-likeness (QED) is 0.680. The summed E-state index contributed by atoms with van der Waals surface area (Å²) in [6.45, 7) is 10.5. The number of amides is 1. The fourth-order valence-electron chi connectivity index (χ4n) is 1.41. The summed E-state index contributed by atoms with van der Waals surface area (Å²) in [6.07, 6.45) is -1.37. The van der Waals surface area contributed by atoms with Gasteiger partial charge in [0.25, 0.3) is 0 Å². The van der Waals surface area contributed by atoms with E-state index in [1.54, 1.807) is 26.0 Å². The van der Waals surface area contributed by atoms with E-state index in [0.29, 0.717) is 19.0 Å². The van der Waals surface area contributed by atoms with Crippen molar-refractivity contribution in [2.45, 2.75) is 40.0 Å². The number of benzene rings is 1. The fourth-order valence-corrected chi connectivity index (χ4v) is 1.41. The van der Waals surface area contributed by atoms with Crippen molar-refractivity contribution in [3.8, 4) is 5.75 Å². The SMILES string of the molecule is CCOC(=O)Oc1ccc(C(C)(C)C)cc1.CCOC(N)=O. The highest BCUT2D eigenvalue weighted by molar-refractivity contribution is 5.64. The lowest BCUT2D eigenvalue weighted by Crippen LogP contribution is -2.12. The van der Waals surface area contributed by atoms with Crippen LogP contribution in [0.2, 0.25) is 0 Å². The van der Waals surface area contributed by atoms with E-state index in [2.05, 4.69) is 36.0 Å². The lowest BCUT2D eigenvalue weighted by molar-refractivity contribution is 0.104. The molecule has 2 N–H and O–H groups in total. The molecule has 0 atom stereocenters. The van der Waals surface area contributed by atoms with Gasteiger partial charge in [-0.15, -0.1) is 0 Å². The van der Waals surface area contributed by atoms with Gasteiger partial charge in [0.15, 0.2) is 0 Å². The molecule has 0 aliphatic carbocycles. The number of carbonyl (C=O) groups is 2. The van der Waals surface area contributed by atoms with Gasteiger partial charge < -0.3 is 19.9 Å². The van der Waals surface area contributed by atoms with Gasteiger partial charge in [0.05, 0.1) is 13.2 Å². The molecule has 0 unspecified atom stereocenters. The van der Waals surface area contributed by atoms with E-state index >= 15 is 0 Å². The van der Waals surface area contributed by atoms with E-state index in [1.807, 2.05) is 12.1 Å². The van der Waals surface area contributed by atoms with Crippen molar-refractivity contribution in [2.75, 3.05) is 13.2 Å². The normalized spacial score (nSPS) is 10.0. The van der Waals surface area contributed by atoms with Crippen molar-refractivity contribution in [3.05, 3.63) is 29.8 Å². The number of ether oxygens (including phenoxy) is 3. The number of hydrogen-bond acceptors (Lipinski definition) is 5. The summed E-state index contributed by atoms with van der Waals surface area (Å²) in [5, 5.41) is 0. The Kier molecular flexibility index (Phi) is 8.67. The highest BCUT2D eigenvalue weighted by Crippen LogP contribution is 2.24. The highest BCUT2D eigenvalue weighted by Gasteiger charge is 2.13. The molecule has 0 bridgehead atoms. The Bertz CT molecular complexity index is 462. The van der Waals surface area contributed by atoms with Crippen LogP contribution in [0.3, 0.4) is 0 Å². The molecule has 1 amide bonds. The van der Waals surface area contributed by atoms with Crippen molar-refractivity contribution >= 4 is 12.2 Å². The van der Waals surface area contributed by atoms with Crippen LogP contribution in [0.25, 0.3) is 0 Å². The summed E-state index contributed by atoms with van der Waals surface area (Å²) in [5.41, 5.74) is 5.84. The number of hydrogen-bond donors (Lipinski definition) is 1. The van der Waals surface area contributed by atoms with Crippen molar-refractivity contribution in [1.29, 1.82) is 0 Å². The minimum atomic E-state index is -0.711. The van der Waals surface area contributed by atoms with E-state index in [0.717, 1.165) is 0 Å². The molecule has 0 aliphatic rings. The zero-order valence-electron chi connectivity index (χ0n) is 13.8. The van der Waals surface area contributed by atoms with Gasteiger partial charge in [-0.1, -0.05) is 32.9 Å². The van der Waals surface area contributed by atoms with Gasteiger partial charge in [0.2, 0.25) is 0 Å². The van der Waals surface area contributed by atoms with Crippen LogP contribution in [-0.2, 0) is 14.9 Å². The Morgan fingerprint density at radius 1 is 1.00 bits per heavy atom. The molecule has 1 aromatic carbocycles. The lowest BCUT2D eigenvalue weighted by Gasteiger charge is -2.18. The number of carbonyl (C=O) groups excluding carboxylic acids is 2. The van der Waals surface area contributed by atoms with Crippen LogP contribution in [0.5, 0.6) is 5.75 Å². The van der Waals surface area contributed by atoms with E-state index in [-0.39, 0.29) is 5.41 Å². The maximum atomic E-state index is 11.0. The van der Waals surface area contributed by atoms with Gasteiger partial charge in [-0.25, -0.2) is 9.59 Å². The summed E-state index contributed by atoms with van der Waals surface area (Å²) in [4.78, 5) is 20.6. The van der Waals surface area contributed by atoms with E-state index < -0.39 is 12.2 Å². The fraction of sp³-hybridized carbons (Fsp3) is 0.500. The molecule has 1 aromatic rings. The van der Waals surface area contributed by atoms with E-state index in [4.69, 9.17) is 4.74 Å². The molecule has 0 heterocycles.